The summed E-state index contributed by atoms with van der Waals surface area (Å²) in [5, 5.41) is 23.1. The Bertz CT molecular complexity index is 2370. The normalized spacial score (nSPS) is 18.6. The summed E-state index contributed by atoms with van der Waals surface area (Å²) in [5.74, 6) is -5.86. The van der Waals surface area contributed by atoms with Gasteiger partial charge in [0.25, 0.3) is 0 Å². The molecule has 408 valence electrons. The summed E-state index contributed by atoms with van der Waals surface area (Å²) in [6, 6.07) is 10.6. The van der Waals surface area contributed by atoms with Gasteiger partial charge < -0.3 is 75.1 Å². The van der Waals surface area contributed by atoms with Crippen LogP contribution in [-0.2, 0) is 56.0 Å². The van der Waals surface area contributed by atoms with Gasteiger partial charge in [-0.3, -0.25) is 48.3 Å². The van der Waals surface area contributed by atoms with Crippen LogP contribution >= 0.6 is 0 Å². The zero-order chi connectivity index (χ0) is 54.4. The number of carboxylic acid groups (broad SMARTS) is 1. The van der Waals surface area contributed by atoms with E-state index < -0.39 is 90.3 Å². The molecule has 7 atom stereocenters. The van der Waals surface area contributed by atoms with Crippen LogP contribution in [0.3, 0.4) is 0 Å². The van der Waals surface area contributed by atoms with Crippen LogP contribution in [0.1, 0.15) is 81.8 Å². The van der Waals surface area contributed by atoms with Crippen LogP contribution in [0.15, 0.2) is 70.6 Å². The number of benzene rings is 2. The highest BCUT2D eigenvalue weighted by atomic mass is 16.4. The van der Waals surface area contributed by atoms with E-state index in [1.54, 1.807) is 60.7 Å². The van der Waals surface area contributed by atoms with E-state index in [0.717, 1.165) is 5.56 Å². The molecule has 5 rings (SSSR count). The van der Waals surface area contributed by atoms with Crippen LogP contribution in [0.2, 0.25) is 0 Å². The van der Waals surface area contributed by atoms with Crippen molar-refractivity contribution in [2.45, 2.75) is 126 Å². The Morgan fingerprint density at radius 3 is 1.69 bits per heavy atom. The van der Waals surface area contributed by atoms with E-state index in [4.69, 9.17) is 28.7 Å². The molecule has 0 aromatic heterocycles. The summed E-state index contributed by atoms with van der Waals surface area (Å²) in [5.41, 5.74) is 29.1. The van der Waals surface area contributed by atoms with Crippen LogP contribution in [0.25, 0.3) is 0 Å². The number of hydrogen-bond donors (Lipinski definition) is 11. The van der Waals surface area contributed by atoms with Crippen LogP contribution in [0.4, 0.5) is 0 Å². The van der Waals surface area contributed by atoms with Gasteiger partial charge in [0.05, 0.1) is 12.6 Å². The van der Waals surface area contributed by atoms with Crippen LogP contribution in [-0.4, -0.2) is 173 Å². The van der Waals surface area contributed by atoms with Crippen molar-refractivity contribution in [2.75, 3.05) is 45.8 Å². The molecule has 0 aliphatic carbocycles. The quantitative estimate of drug-likeness (QED) is 0.0242. The molecule has 75 heavy (non-hydrogen) atoms. The second kappa shape index (κ2) is 29.2. The molecule has 0 spiro atoms. The van der Waals surface area contributed by atoms with E-state index in [0.29, 0.717) is 70.0 Å². The van der Waals surface area contributed by atoms with Gasteiger partial charge in [-0.15, -0.1) is 0 Å². The Morgan fingerprint density at radius 2 is 1.12 bits per heavy atom. The molecule has 3 aliphatic heterocycles. The maximum Gasteiger partial charge on any atom is 0.326 e. The smallest absolute Gasteiger partial charge is 0.326 e. The summed E-state index contributed by atoms with van der Waals surface area (Å²) >= 11 is 0. The maximum absolute atomic E-state index is 13.9. The third kappa shape index (κ3) is 18.0. The Labute approximate surface area is 435 Å². The number of rotatable bonds is 27. The second-order valence-corrected chi connectivity index (χ2v) is 18.8. The van der Waals surface area contributed by atoms with Crippen molar-refractivity contribution in [1.29, 1.82) is 0 Å². The van der Waals surface area contributed by atoms with E-state index in [1.165, 1.54) is 14.7 Å². The summed E-state index contributed by atoms with van der Waals surface area (Å²) in [7, 11) is 0. The van der Waals surface area contributed by atoms with Crippen molar-refractivity contribution >= 4 is 65.1 Å². The molecule has 8 amide bonds. The molecule has 0 bridgehead atoms. The monoisotopic (exact) mass is 1040 g/mol. The average Bonchev–Trinajstić information content (AvgIpc) is 4.20. The molecule has 0 radical (unpaired) electrons. The lowest BCUT2D eigenvalue weighted by Crippen LogP contribution is -2.56. The molecule has 3 aliphatic rings. The number of carbonyl (C=O) groups excluding carboxylic acids is 8. The molecule has 3 fully saturated rings. The first kappa shape index (κ1) is 58.1. The molecule has 25 heteroatoms. The van der Waals surface area contributed by atoms with Crippen molar-refractivity contribution in [3.05, 3.63) is 71.8 Å². The van der Waals surface area contributed by atoms with Crippen molar-refractivity contribution < 1.29 is 48.3 Å². The van der Waals surface area contributed by atoms with E-state index >= 15 is 0 Å². The lowest BCUT2D eigenvalue weighted by atomic mass is 10.0. The van der Waals surface area contributed by atoms with Crippen LogP contribution < -0.4 is 55.3 Å². The van der Waals surface area contributed by atoms with Gasteiger partial charge in [-0.1, -0.05) is 60.7 Å². The van der Waals surface area contributed by atoms with Crippen LogP contribution in [0, 0.1) is 0 Å². The molecule has 3 heterocycles. The summed E-state index contributed by atoms with van der Waals surface area (Å²) in [4.78, 5) is 133. The highest BCUT2D eigenvalue weighted by molar-refractivity contribution is 5.96. The standard InChI is InChI=1S/C50H73N15O10/c51-33(16-7-22-57-49(52)53)46(72)65-27-11-20-39(65)47(73)64-26-10-18-37(64)44(70)59-30-40(66)60-35(28-31-12-3-1-4-13-31)42(68)56-24-21-41(67)63-25-9-19-38(63)45(71)62-36(29-32-14-5-2-6-15-32)43(69)61-34(48(74)75)17-8-23-58-50(54)55/h1-6,12-15,33-39H,7-11,16-30,51H2,(H,56,68)(H,59,70)(H,60,66)(H,61,69)(H,62,71)(H,74,75)(H4,52,53,57)(H4,54,55,58)/t33-,34-,35-,36-,37-,38-,39-/m0/s1. The van der Waals surface area contributed by atoms with Crippen molar-refractivity contribution in [1.82, 2.24) is 41.3 Å². The topological polar surface area (TPSA) is 399 Å². The van der Waals surface area contributed by atoms with E-state index in [2.05, 4.69) is 36.6 Å². The van der Waals surface area contributed by atoms with E-state index in [9.17, 15) is 48.3 Å². The van der Waals surface area contributed by atoms with Gasteiger partial charge in [0.1, 0.15) is 36.3 Å². The largest absolute Gasteiger partial charge is 0.480 e. The zero-order valence-electron chi connectivity index (χ0n) is 42.2. The van der Waals surface area contributed by atoms with Gasteiger partial charge in [-0.05, 0) is 75.3 Å². The van der Waals surface area contributed by atoms with Gasteiger partial charge in [-0.25, -0.2) is 4.79 Å². The number of nitrogens with zero attached hydrogens (tertiary/aromatic N) is 5. The fourth-order valence-electron chi connectivity index (χ4n) is 9.48. The first-order chi connectivity index (χ1) is 35.9. The Hall–Kier alpha value is -7.83. The second-order valence-electron chi connectivity index (χ2n) is 18.8. The Balaban J connectivity index is 1.14. The Kier molecular flexibility index (Phi) is 22.6. The number of hydrogen-bond acceptors (Lipinski definition) is 12. The molecule has 2 aromatic carbocycles. The highest BCUT2D eigenvalue weighted by Gasteiger charge is 2.43. The number of amides is 8. The summed E-state index contributed by atoms with van der Waals surface area (Å²) < 4.78 is 0. The Morgan fingerprint density at radius 1 is 0.600 bits per heavy atom. The fourth-order valence-corrected chi connectivity index (χ4v) is 9.48. The number of likely N-dealkylation sites (tertiary alicyclic amines) is 3. The fraction of sp³-hybridized carbons (Fsp3) is 0.540. The minimum Gasteiger partial charge on any atom is -0.480 e. The lowest BCUT2D eigenvalue weighted by Gasteiger charge is -2.32. The molecular weight excluding hydrogens is 971 g/mol. The number of nitrogens with one attached hydrogen (secondary N) is 5. The minimum absolute atomic E-state index is 0.0164. The SMILES string of the molecule is NC(N)=NCCC[C@H](NC(=O)[C@H](Cc1ccccc1)NC(=O)[C@@H]1CCCN1C(=O)CCNC(=O)[C@H](Cc1ccccc1)NC(=O)CNC(=O)[C@@H]1CCCN1C(=O)[C@@H]1CCCN1C(=O)[C@@H](N)CCCN=C(N)N)C(=O)O. The highest BCUT2D eigenvalue weighted by Crippen LogP contribution is 2.26. The van der Waals surface area contributed by atoms with Crippen molar-refractivity contribution in [3.8, 4) is 0 Å². The number of guanidine groups is 2. The number of aliphatic imine (C=N–C) groups is 2. The summed E-state index contributed by atoms with van der Waals surface area (Å²) in [6.07, 6.45) is 3.61. The third-order valence-corrected chi connectivity index (χ3v) is 13.3. The number of aliphatic carboxylic acids is 1. The molecule has 16 N–H and O–H groups in total. The van der Waals surface area contributed by atoms with Gasteiger partial charge in [-0.2, -0.15) is 0 Å². The van der Waals surface area contributed by atoms with Gasteiger partial charge in [0, 0.05) is 58.5 Å². The van der Waals surface area contributed by atoms with E-state index in [1.807, 2.05) is 0 Å². The minimum atomic E-state index is -1.29. The van der Waals surface area contributed by atoms with Crippen molar-refractivity contribution in [2.24, 2.45) is 38.7 Å². The zero-order valence-corrected chi connectivity index (χ0v) is 42.2. The van der Waals surface area contributed by atoms with Gasteiger partial charge >= 0.3 is 5.97 Å². The lowest BCUT2D eigenvalue weighted by molar-refractivity contribution is -0.147. The number of carboxylic acids is 1. The average molecular weight is 1040 g/mol. The number of nitrogens with two attached hydrogens (primary N) is 5. The molecule has 3 saturated heterocycles. The molecule has 2 aromatic rings. The number of carbonyl (C=O) groups is 9. The first-order valence-corrected chi connectivity index (χ1v) is 25.5. The predicted molar refractivity (Wildman–Crippen MR) is 276 cm³/mol. The summed E-state index contributed by atoms with van der Waals surface area (Å²) in [6.45, 7) is 0.662. The van der Waals surface area contributed by atoms with Crippen molar-refractivity contribution in [3.63, 3.8) is 0 Å². The molecule has 25 nitrogen and oxygen atoms in total. The first-order valence-electron chi connectivity index (χ1n) is 25.5. The maximum atomic E-state index is 13.9. The third-order valence-electron chi connectivity index (χ3n) is 13.3. The molecule has 0 saturated carbocycles. The van der Waals surface area contributed by atoms with Gasteiger partial charge in [0.15, 0.2) is 11.9 Å². The van der Waals surface area contributed by atoms with E-state index in [-0.39, 0.29) is 82.0 Å². The molecule has 0 unspecified atom stereocenters. The molecular formula is C50H73N15O10. The van der Waals surface area contributed by atoms with Gasteiger partial charge in [0.2, 0.25) is 47.3 Å². The van der Waals surface area contributed by atoms with Crippen LogP contribution in [0.5, 0.6) is 0 Å². The predicted octanol–water partition coefficient (Wildman–Crippen LogP) is -2.96.